The van der Waals surface area contributed by atoms with E-state index in [9.17, 15) is 19.7 Å². The maximum atomic E-state index is 11.9. The minimum atomic E-state index is -0.828. The summed E-state index contributed by atoms with van der Waals surface area (Å²) in [6, 6.07) is 5.81. The predicted octanol–water partition coefficient (Wildman–Crippen LogP) is 1.51. The molecule has 2 N–H and O–H groups in total. The van der Waals surface area contributed by atoms with Gasteiger partial charge in [-0.1, -0.05) is 12.1 Å². The topological polar surface area (TPSA) is 110 Å². The Morgan fingerprint density at radius 2 is 2.14 bits per heavy atom. The van der Waals surface area contributed by atoms with E-state index >= 15 is 0 Å². The molecule has 2 atom stereocenters. The van der Waals surface area contributed by atoms with Crippen molar-refractivity contribution in [2.75, 3.05) is 0 Å². The number of nitrogens with zero attached hydrogens (tertiary/aromatic N) is 1. The van der Waals surface area contributed by atoms with Crippen molar-refractivity contribution in [3.8, 4) is 0 Å². The van der Waals surface area contributed by atoms with Crippen LogP contribution in [0, 0.1) is 16.0 Å². The summed E-state index contributed by atoms with van der Waals surface area (Å²) in [6.07, 6.45) is 1.71. The molecular weight excluding hydrogens is 276 g/mol. The summed E-state index contributed by atoms with van der Waals surface area (Å²) in [6.45, 7) is 0. The van der Waals surface area contributed by atoms with Gasteiger partial charge in [-0.05, 0) is 24.8 Å². The Morgan fingerprint density at radius 1 is 1.38 bits per heavy atom. The summed E-state index contributed by atoms with van der Waals surface area (Å²) in [4.78, 5) is 32.9. The number of aliphatic carboxylic acids is 1. The van der Waals surface area contributed by atoms with E-state index < -0.39 is 16.8 Å². The third kappa shape index (κ3) is 4.01. The molecule has 0 spiro atoms. The highest BCUT2D eigenvalue weighted by molar-refractivity contribution is 5.79. The van der Waals surface area contributed by atoms with Crippen LogP contribution in [-0.2, 0) is 16.0 Å². The van der Waals surface area contributed by atoms with Crippen LogP contribution in [0.2, 0.25) is 0 Å². The van der Waals surface area contributed by atoms with Gasteiger partial charge in [-0.2, -0.15) is 0 Å². The second-order valence-electron chi connectivity index (χ2n) is 5.22. The number of amides is 1. The van der Waals surface area contributed by atoms with Crippen molar-refractivity contribution in [1.82, 2.24) is 5.32 Å². The molecular formula is C14H16N2O5. The quantitative estimate of drug-likeness (QED) is 0.631. The van der Waals surface area contributed by atoms with Crippen LogP contribution in [0.5, 0.6) is 0 Å². The van der Waals surface area contributed by atoms with Gasteiger partial charge in [0.25, 0.3) is 5.69 Å². The standard InChI is InChI=1S/C14H16N2O5/c17-13(15-11-5-4-10(8-11)14(18)19)7-9-2-1-3-12(6-9)16(20)21/h1-3,6,10-11H,4-5,7-8H2,(H,15,17)(H,18,19)/t10-,11+/m1/s1. The van der Waals surface area contributed by atoms with E-state index in [1.54, 1.807) is 6.07 Å². The lowest BCUT2D eigenvalue weighted by molar-refractivity contribution is -0.384. The number of rotatable bonds is 5. The third-order valence-electron chi connectivity index (χ3n) is 3.63. The second kappa shape index (κ2) is 6.34. The monoisotopic (exact) mass is 292 g/mol. The van der Waals surface area contributed by atoms with Crippen LogP contribution in [0.1, 0.15) is 24.8 Å². The minimum Gasteiger partial charge on any atom is -0.481 e. The number of nitrogens with one attached hydrogen (secondary N) is 1. The lowest BCUT2D eigenvalue weighted by Crippen LogP contribution is -2.34. The van der Waals surface area contributed by atoms with Crippen molar-refractivity contribution in [1.29, 1.82) is 0 Å². The molecule has 0 heterocycles. The molecule has 21 heavy (non-hydrogen) atoms. The van der Waals surface area contributed by atoms with Crippen LogP contribution in [0.15, 0.2) is 24.3 Å². The Kier molecular flexibility index (Phi) is 4.52. The average Bonchev–Trinajstić information content (AvgIpc) is 2.87. The SMILES string of the molecule is O=C(Cc1cccc([N+](=O)[O-])c1)N[C@H]1CC[C@@H](C(=O)O)C1. The van der Waals surface area contributed by atoms with E-state index in [0.717, 1.165) is 0 Å². The van der Waals surface area contributed by atoms with Gasteiger partial charge in [0.15, 0.2) is 0 Å². The first kappa shape index (κ1) is 15.0. The highest BCUT2D eigenvalue weighted by Crippen LogP contribution is 2.25. The number of benzene rings is 1. The van der Waals surface area contributed by atoms with Gasteiger partial charge in [0, 0.05) is 18.2 Å². The summed E-state index contributed by atoms with van der Waals surface area (Å²) in [5.74, 6) is -1.47. The lowest BCUT2D eigenvalue weighted by Gasteiger charge is -2.12. The maximum absolute atomic E-state index is 11.9. The first-order valence-electron chi connectivity index (χ1n) is 6.71. The van der Waals surface area contributed by atoms with Gasteiger partial charge >= 0.3 is 5.97 Å². The van der Waals surface area contributed by atoms with Gasteiger partial charge in [-0.3, -0.25) is 19.7 Å². The second-order valence-corrected chi connectivity index (χ2v) is 5.22. The Bertz CT molecular complexity index is 572. The molecule has 0 saturated heterocycles. The zero-order chi connectivity index (χ0) is 15.4. The van der Waals surface area contributed by atoms with Crippen LogP contribution in [-0.4, -0.2) is 27.9 Å². The number of carboxylic acid groups (broad SMARTS) is 1. The number of non-ortho nitro benzene ring substituents is 1. The number of carboxylic acids is 1. The zero-order valence-electron chi connectivity index (χ0n) is 11.3. The fourth-order valence-electron chi connectivity index (χ4n) is 2.58. The molecule has 1 fully saturated rings. The van der Waals surface area contributed by atoms with Crippen LogP contribution < -0.4 is 5.32 Å². The Balaban J connectivity index is 1.89. The molecule has 1 aliphatic rings. The van der Waals surface area contributed by atoms with Crippen molar-refractivity contribution < 1.29 is 19.6 Å². The molecule has 7 nitrogen and oxygen atoms in total. The summed E-state index contributed by atoms with van der Waals surface area (Å²) in [7, 11) is 0. The van der Waals surface area contributed by atoms with E-state index in [0.29, 0.717) is 24.8 Å². The Hall–Kier alpha value is -2.44. The van der Waals surface area contributed by atoms with Crippen molar-refractivity contribution >= 4 is 17.6 Å². The summed E-state index contributed by atoms with van der Waals surface area (Å²) in [5.41, 5.74) is 0.515. The van der Waals surface area contributed by atoms with E-state index in [4.69, 9.17) is 5.11 Å². The van der Waals surface area contributed by atoms with Crippen molar-refractivity contribution in [2.24, 2.45) is 5.92 Å². The minimum absolute atomic E-state index is 0.0490. The van der Waals surface area contributed by atoms with Crippen LogP contribution in [0.3, 0.4) is 0 Å². The number of hydrogen-bond acceptors (Lipinski definition) is 4. The van der Waals surface area contributed by atoms with E-state index in [2.05, 4.69) is 5.32 Å². The van der Waals surface area contributed by atoms with E-state index in [1.807, 2.05) is 0 Å². The number of carbonyl (C=O) groups is 2. The van der Waals surface area contributed by atoms with Crippen LogP contribution in [0.4, 0.5) is 5.69 Å². The molecule has 0 aromatic heterocycles. The number of nitro benzene ring substituents is 1. The number of nitro groups is 1. The van der Waals surface area contributed by atoms with Gasteiger partial charge in [0.05, 0.1) is 17.3 Å². The Morgan fingerprint density at radius 3 is 2.76 bits per heavy atom. The van der Waals surface area contributed by atoms with Gasteiger partial charge in [-0.15, -0.1) is 0 Å². The molecule has 1 aromatic carbocycles. The summed E-state index contributed by atoms with van der Waals surface area (Å²) < 4.78 is 0. The Labute approximate surface area is 121 Å². The molecule has 112 valence electrons. The molecule has 0 radical (unpaired) electrons. The third-order valence-corrected chi connectivity index (χ3v) is 3.63. The van der Waals surface area contributed by atoms with Gasteiger partial charge < -0.3 is 10.4 Å². The first-order valence-corrected chi connectivity index (χ1v) is 6.71. The fraction of sp³-hybridized carbons (Fsp3) is 0.429. The molecule has 0 bridgehead atoms. The van der Waals surface area contributed by atoms with Crippen LogP contribution >= 0.6 is 0 Å². The van der Waals surface area contributed by atoms with E-state index in [1.165, 1.54) is 18.2 Å². The molecule has 1 aliphatic carbocycles. The maximum Gasteiger partial charge on any atom is 0.306 e. The molecule has 0 unspecified atom stereocenters. The number of carbonyl (C=O) groups excluding carboxylic acids is 1. The fourth-order valence-corrected chi connectivity index (χ4v) is 2.58. The predicted molar refractivity (Wildman–Crippen MR) is 73.7 cm³/mol. The summed E-state index contributed by atoms with van der Waals surface area (Å²) >= 11 is 0. The zero-order valence-corrected chi connectivity index (χ0v) is 11.3. The molecule has 0 aliphatic heterocycles. The van der Waals surface area contributed by atoms with Crippen LogP contribution in [0.25, 0.3) is 0 Å². The first-order chi connectivity index (χ1) is 9.95. The lowest BCUT2D eigenvalue weighted by atomic mass is 10.1. The molecule has 1 amide bonds. The van der Waals surface area contributed by atoms with Gasteiger partial charge in [0.2, 0.25) is 5.91 Å². The van der Waals surface area contributed by atoms with Crippen molar-refractivity contribution in [2.45, 2.75) is 31.7 Å². The highest BCUT2D eigenvalue weighted by Gasteiger charge is 2.30. The molecule has 1 aromatic rings. The average molecular weight is 292 g/mol. The van der Waals surface area contributed by atoms with Gasteiger partial charge in [0.1, 0.15) is 0 Å². The molecule has 1 saturated carbocycles. The largest absolute Gasteiger partial charge is 0.481 e. The number of hydrogen-bond donors (Lipinski definition) is 2. The van der Waals surface area contributed by atoms with Gasteiger partial charge in [-0.25, -0.2) is 0 Å². The normalized spacial score (nSPS) is 21.0. The van der Waals surface area contributed by atoms with Crippen molar-refractivity contribution in [3.05, 3.63) is 39.9 Å². The molecule has 2 rings (SSSR count). The summed E-state index contributed by atoms with van der Waals surface area (Å²) in [5, 5.41) is 22.4. The highest BCUT2D eigenvalue weighted by atomic mass is 16.6. The smallest absolute Gasteiger partial charge is 0.306 e. The molecule has 7 heteroatoms. The van der Waals surface area contributed by atoms with Crippen molar-refractivity contribution in [3.63, 3.8) is 0 Å². The van der Waals surface area contributed by atoms with E-state index in [-0.39, 0.29) is 24.1 Å².